The Kier molecular flexibility index (Phi) is 4.56. The van der Waals surface area contributed by atoms with Crippen molar-refractivity contribution in [2.45, 2.75) is 32.9 Å². The number of Topliss-reactive ketones (excluding diaryl/α,β-unsaturated/α-hetero) is 1. The highest BCUT2D eigenvalue weighted by Gasteiger charge is 2.29. The van der Waals surface area contributed by atoms with Gasteiger partial charge in [0.15, 0.2) is 5.78 Å². The normalized spacial score (nSPS) is 11.3. The summed E-state index contributed by atoms with van der Waals surface area (Å²) in [7, 11) is -1.81. The van der Waals surface area contributed by atoms with Crippen molar-refractivity contribution >= 4 is 24.2 Å². The highest BCUT2D eigenvalue weighted by Crippen LogP contribution is 2.11. The summed E-state index contributed by atoms with van der Waals surface area (Å²) in [5.74, 6) is 0.277. The molecule has 0 saturated heterocycles. The largest absolute Gasteiger partial charge is 0.294 e. The van der Waals surface area contributed by atoms with Crippen molar-refractivity contribution < 1.29 is 4.79 Å². The molecule has 0 fully saturated rings. The lowest BCUT2D eigenvalue weighted by Gasteiger charge is -2.26. The Morgan fingerprint density at radius 2 is 1.55 bits per heavy atom. The van der Waals surface area contributed by atoms with E-state index in [1.165, 1.54) is 10.4 Å². The van der Waals surface area contributed by atoms with Gasteiger partial charge in [-0.3, -0.25) is 4.79 Å². The minimum atomic E-state index is -1.81. The van der Waals surface area contributed by atoms with Gasteiger partial charge in [0, 0.05) is 12.0 Å². The number of hydrogen-bond donors (Lipinski definition) is 0. The number of hydrogen-bond acceptors (Lipinski definition) is 1. The Morgan fingerprint density at radius 1 is 0.950 bits per heavy atom. The van der Waals surface area contributed by atoms with Crippen molar-refractivity contribution in [2.75, 3.05) is 0 Å². The Balaban J connectivity index is 2.50. The van der Waals surface area contributed by atoms with Crippen LogP contribution in [0.4, 0.5) is 0 Å². The Bertz CT molecular complexity index is 587. The van der Waals surface area contributed by atoms with E-state index in [1.54, 1.807) is 0 Å². The zero-order valence-corrected chi connectivity index (χ0v) is 13.5. The van der Waals surface area contributed by atoms with Crippen LogP contribution in [0, 0.1) is 0 Å². The van der Waals surface area contributed by atoms with E-state index in [4.69, 9.17) is 0 Å². The van der Waals surface area contributed by atoms with Crippen LogP contribution in [0.1, 0.15) is 30.1 Å². The van der Waals surface area contributed by atoms with Crippen LogP contribution in [0.25, 0.3) is 0 Å². The first kappa shape index (κ1) is 14.7. The van der Waals surface area contributed by atoms with Gasteiger partial charge >= 0.3 is 0 Å². The maximum absolute atomic E-state index is 12.4. The van der Waals surface area contributed by atoms with Crippen LogP contribution in [0.5, 0.6) is 0 Å². The third-order valence-corrected chi connectivity index (χ3v) is 7.43. The molecule has 2 aromatic carbocycles. The molecule has 0 bridgehead atoms. The monoisotopic (exact) mass is 282 g/mol. The van der Waals surface area contributed by atoms with Crippen molar-refractivity contribution in [2.24, 2.45) is 0 Å². The quantitative estimate of drug-likeness (QED) is 0.606. The van der Waals surface area contributed by atoms with Crippen LogP contribution in [0.2, 0.25) is 13.1 Å². The molecule has 0 saturated carbocycles. The molecular weight excluding hydrogens is 260 g/mol. The fourth-order valence-corrected chi connectivity index (χ4v) is 5.39. The summed E-state index contributed by atoms with van der Waals surface area (Å²) in [6.45, 7) is 6.70. The molecule has 0 N–H and O–H groups in total. The second-order valence-electron chi connectivity index (χ2n) is 5.71. The summed E-state index contributed by atoms with van der Waals surface area (Å²) in [5.41, 5.74) is 0.926. The molecule has 0 aliphatic heterocycles. The van der Waals surface area contributed by atoms with Gasteiger partial charge in [-0.15, -0.1) is 0 Å². The van der Waals surface area contributed by atoms with Gasteiger partial charge in [0.25, 0.3) is 0 Å². The third-order valence-electron chi connectivity index (χ3n) is 3.87. The average Bonchev–Trinajstić information content (AvgIpc) is 2.48. The third kappa shape index (κ3) is 2.91. The van der Waals surface area contributed by atoms with Gasteiger partial charge in [-0.1, -0.05) is 79.8 Å². The van der Waals surface area contributed by atoms with E-state index in [0.29, 0.717) is 6.42 Å². The van der Waals surface area contributed by atoms with Crippen LogP contribution >= 0.6 is 0 Å². The van der Waals surface area contributed by atoms with Gasteiger partial charge in [-0.2, -0.15) is 0 Å². The Hall–Kier alpha value is -1.67. The molecule has 0 spiro atoms. The summed E-state index contributed by atoms with van der Waals surface area (Å²) in [6.07, 6.45) is 1.54. The topological polar surface area (TPSA) is 17.1 Å². The van der Waals surface area contributed by atoms with Gasteiger partial charge < -0.3 is 0 Å². The minimum absolute atomic E-state index is 0.277. The first-order valence-corrected chi connectivity index (χ1v) is 10.3. The van der Waals surface area contributed by atoms with Gasteiger partial charge in [-0.25, -0.2) is 0 Å². The van der Waals surface area contributed by atoms with Crippen molar-refractivity contribution in [3.63, 3.8) is 0 Å². The predicted octanol–water partition coefficient (Wildman–Crippen LogP) is 3.49. The highest BCUT2D eigenvalue weighted by atomic mass is 28.3. The number of benzene rings is 2. The molecule has 2 rings (SSSR count). The maximum atomic E-state index is 12.4. The summed E-state index contributed by atoms with van der Waals surface area (Å²) in [5, 5.41) is 2.63. The number of rotatable bonds is 5. The fraction of sp³-hybridized carbons (Fsp3) is 0.278. The summed E-state index contributed by atoms with van der Waals surface area (Å²) in [4.78, 5) is 12.4. The Labute approximate surface area is 122 Å². The molecule has 2 heteroatoms. The van der Waals surface area contributed by atoms with E-state index in [-0.39, 0.29) is 5.78 Å². The van der Waals surface area contributed by atoms with E-state index >= 15 is 0 Å². The SMILES string of the molecule is CCCC(=O)c1ccccc1[Si](C)(C)c1ccccc1. The minimum Gasteiger partial charge on any atom is -0.294 e. The van der Waals surface area contributed by atoms with Crippen molar-refractivity contribution in [3.05, 3.63) is 60.2 Å². The van der Waals surface area contributed by atoms with E-state index in [9.17, 15) is 4.79 Å². The average molecular weight is 282 g/mol. The lowest BCUT2D eigenvalue weighted by molar-refractivity contribution is 0.0983. The zero-order valence-electron chi connectivity index (χ0n) is 12.5. The van der Waals surface area contributed by atoms with Crippen LogP contribution in [0.15, 0.2) is 54.6 Å². The molecule has 0 radical (unpaired) electrons. The van der Waals surface area contributed by atoms with Crippen molar-refractivity contribution in [1.29, 1.82) is 0 Å². The molecule has 0 aromatic heterocycles. The molecule has 104 valence electrons. The van der Waals surface area contributed by atoms with Gasteiger partial charge in [0.2, 0.25) is 0 Å². The molecule has 0 aliphatic carbocycles. The van der Waals surface area contributed by atoms with E-state index < -0.39 is 8.07 Å². The molecule has 20 heavy (non-hydrogen) atoms. The first-order valence-electron chi connectivity index (χ1n) is 7.25. The Morgan fingerprint density at radius 3 is 2.20 bits per heavy atom. The van der Waals surface area contributed by atoms with E-state index in [0.717, 1.165) is 12.0 Å². The molecule has 0 amide bonds. The van der Waals surface area contributed by atoms with Gasteiger partial charge in [0.05, 0.1) is 0 Å². The standard InChI is InChI=1S/C18H22OSi/c1-4-10-17(19)16-13-8-9-14-18(16)20(2,3)15-11-6-5-7-12-15/h5-9,11-14H,4,10H2,1-3H3. The van der Waals surface area contributed by atoms with Crippen LogP contribution in [-0.2, 0) is 0 Å². The summed E-state index contributed by atoms with van der Waals surface area (Å²) >= 11 is 0. The van der Waals surface area contributed by atoms with Crippen LogP contribution in [0.3, 0.4) is 0 Å². The first-order chi connectivity index (χ1) is 9.57. The fourth-order valence-electron chi connectivity index (χ4n) is 2.64. The second kappa shape index (κ2) is 6.19. The molecule has 2 aromatic rings. The smallest absolute Gasteiger partial charge is 0.162 e. The number of carbonyl (C=O) groups excluding carboxylic acids is 1. The maximum Gasteiger partial charge on any atom is 0.162 e. The van der Waals surface area contributed by atoms with Crippen LogP contribution in [-0.4, -0.2) is 13.9 Å². The number of carbonyl (C=O) groups is 1. The molecule has 0 atom stereocenters. The molecular formula is C18H22OSi. The van der Waals surface area contributed by atoms with Crippen LogP contribution < -0.4 is 10.4 Å². The predicted molar refractivity (Wildman–Crippen MR) is 88.9 cm³/mol. The van der Waals surface area contributed by atoms with Gasteiger partial charge in [-0.05, 0) is 11.6 Å². The molecule has 0 aliphatic rings. The second-order valence-corrected chi connectivity index (χ2v) is 10.1. The molecule has 0 unspecified atom stereocenters. The van der Waals surface area contributed by atoms with Crippen molar-refractivity contribution in [1.82, 2.24) is 0 Å². The van der Waals surface area contributed by atoms with Gasteiger partial charge in [0.1, 0.15) is 8.07 Å². The zero-order chi connectivity index (χ0) is 14.6. The van der Waals surface area contributed by atoms with Crippen molar-refractivity contribution in [3.8, 4) is 0 Å². The molecule has 0 heterocycles. The molecule has 1 nitrogen and oxygen atoms in total. The van der Waals surface area contributed by atoms with E-state index in [1.807, 2.05) is 18.2 Å². The van der Waals surface area contributed by atoms with E-state index in [2.05, 4.69) is 56.4 Å². The highest BCUT2D eigenvalue weighted by molar-refractivity contribution is 7.01. The lowest BCUT2D eigenvalue weighted by atomic mass is 10.1. The number of ketones is 1. The summed E-state index contributed by atoms with van der Waals surface area (Å²) < 4.78 is 0. The summed E-state index contributed by atoms with van der Waals surface area (Å²) in [6, 6.07) is 18.7. The lowest BCUT2D eigenvalue weighted by Crippen LogP contribution is -2.54.